The van der Waals surface area contributed by atoms with Crippen molar-refractivity contribution in [3.63, 3.8) is 0 Å². The summed E-state index contributed by atoms with van der Waals surface area (Å²) in [5.74, 6) is -9.27. The summed E-state index contributed by atoms with van der Waals surface area (Å²) in [5, 5.41) is 16.3. The van der Waals surface area contributed by atoms with Crippen molar-refractivity contribution in [3.8, 4) is 0 Å². The Morgan fingerprint density at radius 1 is 0.732 bits per heavy atom. The van der Waals surface area contributed by atoms with Gasteiger partial charge >= 0.3 is 18.2 Å². The van der Waals surface area contributed by atoms with E-state index in [1.165, 1.54) is 58.9 Å². The number of nitrogens with one attached hydrogen (secondary N) is 6. The molecular formula is C78H116F2N12O19S. The Morgan fingerprint density at radius 3 is 1.96 bits per heavy atom. The number of imide groups is 2. The first-order valence-corrected chi connectivity index (χ1v) is 39.7. The summed E-state index contributed by atoms with van der Waals surface area (Å²) in [6.45, 7) is 15.9. The highest BCUT2D eigenvalue weighted by Crippen LogP contribution is 2.52. The normalized spacial score (nSPS) is 19.1. The van der Waals surface area contributed by atoms with E-state index >= 15 is 4.79 Å². The second kappa shape index (κ2) is 43.4. The molecule has 1 saturated carbocycles. The molecule has 6 rings (SSSR count). The van der Waals surface area contributed by atoms with Crippen LogP contribution in [0.25, 0.3) is 0 Å². The largest absolute Gasteiger partial charge is 0.508 e. The zero-order valence-electron chi connectivity index (χ0n) is 67.0. The number of hydroxylamine groups is 2. The van der Waals surface area contributed by atoms with Gasteiger partial charge in [0.05, 0.1) is 60.9 Å². The summed E-state index contributed by atoms with van der Waals surface area (Å²) in [6.07, 6.45) is -1.31. The third kappa shape index (κ3) is 26.3. The maximum atomic E-state index is 15.1. The van der Waals surface area contributed by atoms with Crippen molar-refractivity contribution in [2.75, 3.05) is 72.6 Å². The number of likely N-dealkylation sites (tertiary alicyclic amines) is 2. The minimum Gasteiger partial charge on any atom is -0.429 e. The first-order chi connectivity index (χ1) is 52.9. The van der Waals surface area contributed by atoms with E-state index in [0.717, 1.165) is 12.1 Å². The van der Waals surface area contributed by atoms with Crippen LogP contribution >= 0.6 is 11.8 Å². The van der Waals surface area contributed by atoms with E-state index in [2.05, 4.69) is 31.9 Å². The quantitative estimate of drug-likeness (QED) is 0.0233. The molecule has 4 aliphatic rings. The Kier molecular flexibility index (Phi) is 35.6. The molecule has 2 aromatic rings. The number of methoxy groups -OCH3 is 2. The van der Waals surface area contributed by atoms with Gasteiger partial charge < -0.3 is 71.2 Å². The van der Waals surface area contributed by atoms with Gasteiger partial charge in [-0.25, -0.2) is 23.2 Å². The highest BCUT2D eigenvalue weighted by Gasteiger charge is 2.50. The minimum absolute atomic E-state index is 0.00436. The van der Waals surface area contributed by atoms with Crippen molar-refractivity contribution in [3.05, 3.63) is 65.2 Å². The molecule has 8 N–H and O–H groups in total. The van der Waals surface area contributed by atoms with Crippen LogP contribution in [0.2, 0.25) is 0 Å². The fourth-order valence-corrected chi connectivity index (χ4v) is 15.9. The number of carbonyl (C=O) groups is 14. The maximum Gasteiger partial charge on any atom is 0.508 e. The number of hydrogen-bond donors (Lipinski definition) is 7. The maximum absolute atomic E-state index is 15.1. The van der Waals surface area contributed by atoms with E-state index in [9.17, 15) is 71.1 Å². The summed E-state index contributed by atoms with van der Waals surface area (Å²) < 4.78 is 52.7. The van der Waals surface area contributed by atoms with Crippen LogP contribution in [0.1, 0.15) is 170 Å². The fourth-order valence-electron chi connectivity index (χ4n) is 14.4. The molecule has 3 aliphatic heterocycles. The molecule has 31 nitrogen and oxygen atoms in total. The molecule has 12 atom stereocenters. The zero-order chi connectivity index (χ0) is 83.0. The van der Waals surface area contributed by atoms with Crippen LogP contribution in [0.15, 0.2) is 42.5 Å². The number of primary amides is 1. The molecule has 3 saturated heterocycles. The van der Waals surface area contributed by atoms with E-state index < -0.39 is 148 Å². The Balaban J connectivity index is 1.05. The molecule has 0 aromatic heterocycles. The number of likely N-dealkylation sites (N-methyl/N-ethyl adjacent to an activating group) is 2. The van der Waals surface area contributed by atoms with Crippen molar-refractivity contribution < 1.29 is 99.7 Å². The van der Waals surface area contributed by atoms with E-state index in [0.29, 0.717) is 54.9 Å². The average molecular weight is 1600 g/mol. The van der Waals surface area contributed by atoms with Crippen molar-refractivity contribution in [2.45, 2.75) is 231 Å². The van der Waals surface area contributed by atoms with Gasteiger partial charge in [-0.1, -0.05) is 93.4 Å². The lowest BCUT2D eigenvalue weighted by molar-refractivity contribution is -0.198. The highest BCUT2D eigenvalue weighted by atomic mass is 32.2. The number of amides is 13. The van der Waals surface area contributed by atoms with Gasteiger partial charge in [0.15, 0.2) is 0 Å². The van der Waals surface area contributed by atoms with Crippen molar-refractivity contribution in [1.29, 1.82) is 0 Å². The molecule has 112 heavy (non-hydrogen) atoms. The van der Waals surface area contributed by atoms with Gasteiger partial charge in [0, 0.05) is 90.0 Å². The molecule has 4 fully saturated rings. The summed E-state index contributed by atoms with van der Waals surface area (Å²) in [6, 6.07) is 3.49. The lowest BCUT2D eigenvalue weighted by Crippen LogP contribution is -2.59. The lowest BCUT2D eigenvalue weighted by Gasteiger charge is -2.41. The molecular weight excluding hydrogens is 1480 g/mol. The first-order valence-electron chi connectivity index (χ1n) is 38.6. The standard InChI is InChI=1S/C78H116F2N12O19S/c1-15-47(8)68(89(12)75(104)66(45(4)5)87-73(102)67(46(6)7)88(10)11)57(107-13)38-62(96)91-41-51(37-56(91)69(108-14)48(9)70(99)82-35-31-52-53(79)21-19-22-54(52)80)110-77(106)109-42-49-25-27-50(28-26-49)84-71(100)55(23-20-34-83-76(81)105)85-72(101)65(44(2)3)86-59(93)24-17-16-18-36-90-63(97)39-58(74(90)103)112-43-78(32-33-78)40-64(98)111-92-60(94)29-30-61(92)95/h19,21-22,25-28,44-48,51,55-58,65-69H,15-18,20,23-24,29-43H2,1-14H3,(H,82,99)(H,84,100)(H,85,101)(H,86,93)(H,87,102)(H3,81,83,105)/t47-,48+,51-,55?,56-,57+,58?,65-,66-,67-,68?,69+/m0/s1. The average Bonchev–Trinajstić information content (AvgIpc) is 1.69. The van der Waals surface area contributed by atoms with Gasteiger partial charge in [-0.2, -0.15) is 0 Å². The highest BCUT2D eigenvalue weighted by molar-refractivity contribution is 8.00. The number of hydrogen-bond acceptors (Lipinski definition) is 21. The van der Waals surface area contributed by atoms with Gasteiger partial charge in [0.25, 0.3) is 11.8 Å². The SMILES string of the molecule is CC[C@H](C)C([C@@H](CC(=O)N1C[C@@H](OC(=O)OCc2ccc(NC(=O)C(CCCNC(N)=O)NC(=O)[C@@H](NC(=O)CCCCCN3C(=O)CC(SCC4(CC(=O)ON5C(=O)CCC5=O)CC4)C3=O)C(C)C)cc2)C[C@H]1[C@H](OC)[C@@H](C)C(=O)NCCc1c(F)cccc1F)OC)N(C)C(=O)[C@@H](NC(=O)[C@H](C(C)C)N(C)C)C(C)C. The van der Waals surface area contributed by atoms with E-state index in [4.69, 9.17) is 29.5 Å². The molecule has 622 valence electrons. The molecule has 0 radical (unpaired) electrons. The third-order valence-corrected chi connectivity index (χ3v) is 22.7. The third-order valence-electron chi connectivity index (χ3n) is 21.1. The van der Waals surface area contributed by atoms with E-state index in [1.807, 2.05) is 41.5 Å². The number of urea groups is 1. The molecule has 0 spiro atoms. The Labute approximate surface area is 658 Å². The van der Waals surface area contributed by atoms with Crippen molar-refractivity contribution >= 4 is 101 Å². The Bertz CT molecular complexity index is 3600. The van der Waals surface area contributed by atoms with Crippen molar-refractivity contribution in [1.82, 2.24) is 51.2 Å². The molecule has 0 bridgehead atoms. The second-order valence-electron chi connectivity index (χ2n) is 30.9. The Morgan fingerprint density at radius 2 is 1.38 bits per heavy atom. The predicted molar refractivity (Wildman–Crippen MR) is 409 cm³/mol. The summed E-state index contributed by atoms with van der Waals surface area (Å²) >= 11 is 1.29. The monoisotopic (exact) mass is 1590 g/mol. The van der Waals surface area contributed by atoms with Crippen LogP contribution in [0.5, 0.6) is 0 Å². The van der Waals surface area contributed by atoms with Crippen molar-refractivity contribution in [2.24, 2.45) is 40.7 Å². The molecule has 2 aromatic carbocycles. The fraction of sp³-hybridized carbons (Fsp3) is 0.667. The number of anilines is 1. The number of ether oxygens (including phenoxy) is 4. The number of benzene rings is 2. The van der Waals surface area contributed by atoms with E-state index in [-0.39, 0.29) is 150 Å². The first kappa shape index (κ1) is 92.0. The molecule has 1 aliphatic carbocycles. The number of unbranched alkanes of at least 4 members (excludes halogenated alkanes) is 2. The van der Waals surface area contributed by atoms with Crippen LogP contribution in [0, 0.1) is 46.6 Å². The minimum atomic E-state index is -1.19. The number of halogens is 2. The summed E-state index contributed by atoms with van der Waals surface area (Å²) in [7, 11) is 7.99. The summed E-state index contributed by atoms with van der Waals surface area (Å²) in [5.41, 5.74) is 5.34. The molecule has 13 amide bonds. The Hall–Kier alpha value is -8.89. The topological polar surface area (TPSA) is 400 Å². The zero-order valence-corrected chi connectivity index (χ0v) is 67.8. The number of thioether (sulfide) groups is 1. The smallest absolute Gasteiger partial charge is 0.429 e. The van der Waals surface area contributed by atoms with E-state index in [1.54, 1.807) is 58.9 Å². The van der Waals surface area contributed by atoms with Crippen LogP contribution in [0.3, 0.4) is 0 Å². The molecule has 3 heterocycles. The summed E-state index contributed by atoms with van der Waals surface area (Å²) in [4.78, 5) is 198. The number of rotatable bonds is 45. The predicted octanol–water partition coefficient (Wildman–Crippen LogP) is 5.81. The van der Waals surface area contributed by atoms with Gasteiger partial charge in [-0.3, -0.25) is 62.5 Å². The number of carbonyl (C=O) groups excluding carboxylic acids is 14. The number of nitrogens with two attached hydrogens (primary N) is 1. The second-order valence-corrected chi connectivity index (χ2v) is 32.1. The van der Waals surface area contributed by atoms with Crippen LogP contribution in [-0.4, -0.2) is 235 Å². The number of nitrogens with zero attached hydrogens (tertiary/aromatic N) is 5. The van der Waals surface area contributed by atoms with Crippen LogP contribution < -0.4 is 37.6 Å². The van der Waals surface area contributed by atoms with Gasteiger partial charge in [0.1, 0.15) is 42.5 Å². The van der Waals surface area contributed by atoms with Crippen LogP contribution in [-0.2, 0) is 94.3 Å². The van der Waals surface area contributed by atoms with Gasteiger partial charge in [-0.05, 0) is 118 Å². The molecule has 34 heteroatoms. The van der Waals surface area contributed by atoms with Gasteiger partial charge in [0.2, 0.25) is 53.2 Å². The van der Waals surface area contributed by atoms with Crippen LogP contribution in [0.4, 0.5) is 24.1 Å². The van der Waals surface area contributed by atoms with Gasteiger partial charge in [-0.15, -0.1) is 16.8 Å². The lowest BCUT2D eigenvalue weighted by atomic mass is 9.89. The molecule has 3 unspecified atom stereocenters.